The zero-order valence-electron chi connectivity index (χ0n) is 15.4. The number of carbonyl (C=O) groups excluding carboxylic acids is 1. The highest BCUT2D eigenvalue weighted by atomic mass is 35.5. The van der Waals surface area contributed by atoms with E-state index in [2.05, 4.69) is 10.0 Å². The van der Waals surface area contributed by atoms with Crippen LogP contribution < -0.4 is 19.5 Å². The fraction of sp³-hybridized carbons (Fsp3) is 0.278. The number of halogens is 1. The topological polar surface area (TPSA) is 93.7 Å². The number of hydrogen-bond acceptors (Lipinski definition) is 5. The third-order valence-electron chi connectivity index (χ3n) is 3.84. The number of anilines is 1. The third kappa shape index (κ3) is 5.12. The molecule has 0 spiro atoms. The van der Waals surface area contributed by atoms with Gasteiger partial charge in [0.1, 0.15) is 0 Å². The lowest BCUT2D eigenvalue weighted by atomic mass is 10.2. The molecule has 2 aromatic rings. The SMILES string of the molecule is COc1ccc(S(=O)(=O)NC(C)C(=O)Nc2ccc(Cl)cc2C)cc1OC. The van der Waals surface area contributed by atoms with Crippen LogP contribution in [0.25, 0.3) is 0 Å². The van der Waals surface area contributed by atoms with Gasteiger partial charge in [-0.1, -0.05) is 11.6 Å². The van der Waals surface area contributed by atoms with Gasteiger partial charge in [-0.15, -0.1) is 0 Å². The largest absolute Gasteiger partial charge is 0.493 e. The van der Waals surface area contributed by atoms with Crippen LogP contribution in [-0.4, -0.2) is 34.6 Å². The summed E-state index contributed by atoms with van der Waals surface area (Å²) >= 11 is 5.89. The molecule has 9 heteroatoms. The second-order valence-corrected chi connectivity index (χ2v) is 7.96. The van der Waals surface area contributed by atoms with Crippen molar-refractivity contribution in [2.45, 2.75) is 24.8 Å². The van der Waals surface area contributed by atoms with Gasteiger partial charge in [0.15, 0.2) is 11.5 Å². The smallest absolute Gasteiger partial charge is 0.242 e. The second-order valence-electron chi connectivity index (χ2n) is 5.81. The van der Waals surface area contributed by atoms with E-state index in [1.165, 1.54) is 39.3 Å². The Balaban J connectivity index is 2.15. The van der Waals surface area contributed by atoms with Crippen LogP contribution in [0, 0.1) is 6.92 Å². The summed E-state index contributed by atoms with van der Waals surface area (Å²) in [5.74, 6) is 0.180. The molecule has 0 aliphatic heterocycles. The Morgan fingerprint density at radius 1 is 1.07 bits per heavy atom. The molecule has 2 rings (SSSR count). The molecule has 27 heavy (non-hydrogen) atoms. The van der Waals surface area contributed by atoms with Gasteiger partial charge in [0.05, 0.1) is 25.2 Å². The minimum absolute atomic E-state index is 0.0394. The molecule has 0 heterocycles. The van der Waals surface area contributed by atoms with E-state index in [1.54, 1.807) is 25.1 Å². The molecular weight excluding hydrogens is 392 g/mol. The van der Waals surface area contributed by atoms with Gasteiger partial charge in [-0.05, 0) is 49.7 Å². The number of rotatable bonds is 7. The summed E-state index contributed by atoms with van der Waals surface area (Å²) in [7, 11) is -1.08. The number of ether oxygens (including phenoxy) is 2. The van der Waals surface area contributed by atoms with Crippen LogP contribution in [0.5, 0.6) is 11.5 Å². The fourth-order valence-corrected chi connectivity index (χ4v) is 3.79. The zero-order chi connectivity index (χ0) is 20.2. The first kappa shape index (κ1) is 21.0. The average Bonchev–Trinajstić information content (AvgIpc) is 2.62. The Kier molecular flexibility index (Phi) is 6.69. The number of aryl methyl sites for hydroxylation is 1. The molecule has 2 N–H and O–H groups in total. The third-order valence-corrected chi connectivity index (χ3v) is 5.61. The predicted molar refractivity (Wildman–Crippen MR) is 104 cm³/mol. The first-order valence-corrected chi connectivity index (χ1v) is 9.85. The van der Waals surface area contributed by atoms with Crippen LogP contribution in [0.4, 0.5) is 5.69 Å². The Labute approximate surface area is 163 Å². The molecule has 1 atom stereocenters. The van der Waals surface area contributed by atoms with Gasteiger partial charge < -0.3 is 14.8 Å². The maximum Gasteiger partial charge on any atom is 0.242 e. The van der Waals surface area contributed by atoms with E-state index in [4.69, 9.17) is 21.1 Å². The molecule has 1 amide bonds. The lowest BCUT2D eigenvalue weighted by Crippen LogP contribution is -2.41. The first-order valence-electron chi connectivity index (χ1n) is 7.99. The number of carbonyl (C=O) groups is 1. The molecule has 2 aromatic carbocycles. The highest BCUT2D eigenvalue weighted by Gasteiger charge is 2.23. The van der Waals surface area contributed by atoms with Crippen molar-refractivity contribution in [3.8, 4) is 11.5 Å². The van der Waals surface area contributed by atoms with E-state index >= 15 is 0 Å². The normalized spacial score (nSPS) is 12.3. The predicted octanol–water partition coefficient (Wildman–Crippen LogP) is 2.97. The summed E-state index contributed by atoms with van der Waals surface area (Å²) in [6, 6.07) is 8.18. The minimum atomic E-state index is -3.94. The molecule has 7 nitrogen and oxygen atoms in total. The van der Waals surface area contributed by atoms with Crippen molar-refractivity contribution in [2.24, 2.45) is 0 Å². The van der Waals surface area contributed by atoms with Crippen molar-refractivity contribution in [1.29, 1.82) is 0 Å². The van der Waals surface area contributed by atoms with Gasteiger partial charge >= 0.3 is 0 Å². The first-order chi connectivity index (χ1) is 12.7. The molecule has 0 aromatic heterocycles. The van der Waals surface area contributed by atoms with Crippen molar-refractivity contribution in [3.05, 3.63) is 47.0 Å². The van der Waals surface area contributed by atoms with Crippen molar-refractivity contribution in [2.75, 3.05) is 19.5 Å². The number of methoxy groups -OCH3 is 2. The van der Waals surface area contributed by atoms with Crippen LogP contribution in [0.15, 0.2) is 41.3 Å². The Hall–Kier alpha value is -2.29. The number of sulfonamides is 1. The van der Waals surface area contributed by atoms with E-state index in [0.29, 0.717) is 16.5 Å². The second kappa shape index (κ2) is 8.60. The average molecular weight is 413 g/mol. The molecule has 0 aliphatic carbocycles. The van der Waals surface area contributed by atoms with E-state index < -0.39 is 22.0 Å². The van der Waals surface area contributed by atoms with E-state index in [0.717, 1.165) is 5.56 Å². The number of benzene rings is 2. The summed E-state index contributed by atoms with van der Waals surface area (Å²) in [5.41, 5.74) is 1.33. The zero-order valence-corrected chi connectivity index (χ0v) is 16.9. The summed E-state index contributed by atoms with van der Waals surface area (Å²) in [5, 5.41) is 3.23. The van der Waals surface area contributed by atoms with Gasteiger partial charge in [0, 0.05) is 16.8 Å². The van der Waals surface area contributed by atoms with Gasteiger partial charge in [-0.3, -0.25) is 4.79 Å². The number of hydrogen-bond donors (Lipinski definition) is 2. The lowest BCUT2D eigenvalue weighted by Gasteiger charge is -2.16. The number of amides is 1. The quantitative estimate of drug-likeness (QED) is 0.729. The van der Waals surface area contributed by atoms with Gasteiger partial charge in [-0.25, -0.2) is 8.42 Å². The van der Waals surface area contributed by atoms with Crippen LogP contribution >= 0.6 is 11.6 Å². The Morgan fingerprint density at radius 3 is 2.33 bits per heavy atom. The maximum atomic E-state index is 12.6. The molecule has 0 fully saturated rings. The van der Waals surface area contributed by atoms with Crippen LogP contribution in [0.1, 0.15) is 12.5 Å². The van der Waals surface area contributed by atoms with Crippen LogP contribution in [0.3, 0.4) is 0 Å². The van der Waals surface area contributed by atoms with Crippen molar-refractivity contribution in [3.63, 3.8) is 0 Å². The molecule has 0 bridgehead atoms. The van der Waals surface area contributed by atoms with Crippen molar-refractivity contribution < 1.29 is 22.7 Å². The molecule has 146 valence electrons. The van der Waals surface area contributed by atoms with E-state index in [1.807, 2.05) is 0 Å². The monoisotopic (exact) mass is 412 g/mol. The van der Waals surface area contributed by atoms with Crippen LogP contribution in [-0.2, 0) is 14.8 Å². The number of nitrogens with one attached hydrogen (secondary N) is 2. The Morgan fingerprint density at radius 2 is 1.74 bits per heavy atom. The van der Waals surface area contributed by atoms with E-state index in [-0.39, 0.29) is 10.6 Å². The maximum absolute atomic E-state index is 12.6. The Bertz CT molecular complexity index is 947. The van der Waals surface area contributed by atoms with Gasteiger partial charge in [0.2, 0.25) is 15.9 Å². The molecule has 0 saturated carbocycles. The van der Waals surface area contributed by atoms with Gasteiger partial charge in [0.25, 0.3) is 0 Å². The molecular formula is C18H21ClN2O5S. The van der Waals surface area contributed by atoms with E-state index in [9.17, 15) is 13.2 Å². The molecule has 0 aliphatic rings. The highest BCUT2D eigenvalue weighted by Crippen LogP contribution is 2.29. The minimum Gasteiger partial charge on any atom is -0.493 e. The molecule has 0 saturated heterocycles. The van der Waals surface area contributed by atoms with Crippen LogP contribution in [0.2, 0.25) is 5.02 Å². The van der Waals surface area contributed by atoms with Gasteiger partial charge in [-0.2, -0.15) is 4.72 Å². The molecule has 0 radical (unpaired) electrons. The summed E-state index contributed by atoms with van der Waals surface area (Å²) < 4.78 is 37.7. The fourth-order valence-electron chi connectivity index (χ4n) is 2.35. The van der Waals surface area contributed by atoms with Crippen molar-refractivity contribution >= 4 is 33.2 Å². The lowest BCUT2D eigenvalue weighted by molar-refractivity contribution is -0.117. The summed E-state index contributed by atoms with van der Waals surface area (Å²) in [6.45, 7) is 3.25. The summed E-state index contributed by atoms with van der Waals surface area (Å²) in [4.78, 5) is 12.3. The molecule has 1 unspecified atom stereocenters. The summed E-state index contributed by atoms with van der Waals surface area (Å²) in [6.07, 6.45) is 0. The standard InChI is InChI=1S/C18H21ClN2O5S/c1-11-9-13(19)5-7-15(11)20-18(22)12(2)21-27(23,24)14-6-8-16(25-3)17(10-14)26-4/h5-10,12,21H,1-4H3,(H,20,22). The van der Waals surface area contributed by atoms with Crippen molar-refractivity contribution in [1.82, 2.24) is 4.72 Å². The highest BCUT2D eigenvalue weighted by molar-refractivity contribution is 7.89.